The monoisotopic (exact) mass is 398 g/mol. The molecule has 5 nitrogen and oxygen atoms in total. The van der Waals surface area contributed by atoms with Crippen LogP contribution in [0.4, 0.5) is 0 Å². The fraction of sp³-hybridized carbons (Fsp3) is 0.409. The first-order chi connectivity index (χ1) is 13.3. The Morgan fingerprint density at radius 3 is 2.50 bits per heavy atom. The Morgan fingerprint density at radius 2 is 1.93 bits per heavy atom. The molecule has 0 aliphatic heterocycles. The number of hydrogen-bond acceptors (Lipinski definition) is 4. The zero-order valence-corrected chi connectivity index (χ0v) is 17.5. The minimum atomic E-state index is -0.997. The Labute approximate surface area is 168 Å². The van der Waals surface area contributed by atoms with E-state index in [0.29, 0.717) is 28.9 Å². The van der Waals surface area contributed by atoms with E-state index in [1.807, 2.05) is 58.0 Å². The van der Waals surface area contributed by atoms with E-state index in [-0.39, 0.29) is 11.5 Å². The van der Waals surface area contributed by atoms with E-state index in [2.05, 4.69) is 0 Å². The number of benzene rings is 1. The van der Waals surface area contributed by atoms with Crippen molar-refractivity contribution >= 4 is 27.5 Å². The van der Waals surface area contributed by atoms with E-state index in [1.165, 1.54) is 15.9 Å². The molecule has 1 aromatic carbocycles. The van der Waals surface area contributed by atoms with Gasteiger partial charge < -0.3 is 5.11 Å². The molecule has 0 bridgehead atoms. The molecule has 0 spiro atoms. The van der Waals surface area contributed by atoms with Gasteiger partial charge in [-0.1, -0.05) is 50.6 Å². The third-order valence-electron chi connectivity index (χ3n) is 4.96. The van der Waals surface area contributed by atoms with E-state index >= 15 is 0 Å². The molecular formula is C22H26N2O3S. The van der Waals surface area contributed by atoms with Crippen LogP contribution >= 0.6 is 11.3 Å². The first-order valence-electron chi connectivity index (χ1n) is 9.65. The van der Waals surface area contributed by atoms with Crippen molar-refractivity contribution in [1.82, 2.24) is 9.55 Å². The van der Waals surface area contributed by atoms with Crippen LogP contribution in [-0.2, 0) is 17.6 Å². The van der Waals surface area contributed by atoms with E-state index in [0.717, 1.165) is 22.4 Å². The maximum absolute atomic E-state index is 13.3. The predicted octanol–water partition coefficient (Wildman–Crippen LogP) is 4.71. The van der Waals surface area contributed by atoms with E-state index < -0.39 is 12.0 Å². The number of fused-ring (bicyclic) bond motifs is 1. The summed E-state index contributed by atoms with van der Waals surface area (Å²) in [4.78, 5) is 31.8. The van der Waals surface area contributed by atoms with Crippen LogP contribution in [0, 0.1) is 6.92 Å². The SMILES string of the molecule is CCc1cc2c(=O)n(C(CCc3ccc(C)cc3)C(=O)O)c(C(C)C)nc2s1. The van der Waals surface area contributed by atoms with Crippen molar-refractivity contribution in [2.45, 2.75) is 58.9 Å². The van der Waals surface area contributed by atoms with Crippen LogP contribution in [0.1, 0.15) is 61.0 Å². The van der Waals surface area contributed by atoms with Crippen molar-refractivity contribution in [3.8, 4) is 0 Å². The van der Waals surface area contributed by atoms with Gasteiger partial charge in [0, 0.05) is 10.8 Å². The summed E-state index contributed by atoms with van der Waals surface area (Å²) in [6.07, 6.45) is 1.76. The molecule has 28 heavy (non-hydrogen) atoms. The molecule has 1 atom stereocenters. The second-order valence-electron chi connectivity index (χ2n) is 7.46. The Balaban J connectivity index is 2.06. The fourth-order valence-corrected chi connectivity index (χ4v) is 4.33. The lowest BCUT2D eigenvalue weighted by atomic mass is 10.0. The van der Waals surface area contributed by atoms with Crippen molar-refractivity contribution < 1.29 is 9.90 Å². The lowest BCUT2D eigenvalue weighted by molar-refractivity contribution is -0.141. The molecule has 1 unspecified atom stereocenters. The summed E-state index contributed by atoms with van der Waals surface area (Å²) < 4.78 is 1.41. The van der Waals surface area contributed by atoms with E-state index in [1.54, 1.807) is 0 Å². The Bertz CT molecular complexity index is 1050. The standard InChI is InChI=1S/C22H26N2O3S/c1-5-16-12-17-20(28-16)23-19(13(2)3)24(21(17)25)18(22(26)27)11-10-15-8-6-14(4)7-9-15/h6-9,12-13,18H,5,10-11H2,1-4H3,(H,26,27). The van der Waals surface area contributed by atoms with Crippen LogP contribution in [0.15, 0.2) is 35.1 Å². The maximum atomic E-state index is 13.3. The molecule has 148 valence electrons. The lowest BCUT2D eigenvalue weighted by Crippen LogP contribution is -2.34. The van der Waals surface area contributed by atoms with Crippen LogP contribution in [0.2, 0.25) is 0 Å². The Morgan fingerprint density at radius 1 is 1.25 bits per heavy atom. The van der Waals surface area contributed by atoms with Gasteiger partial charge >= 0.3 is 5.97 Å². The average molecular weight is 399 g/mol. The van der Waals surface area contributed by atoms with Gasteiger partial charge in [0.1, 0.15) is 16.7 Å². The van der Waals surface area contributed by atoms with Crippen LogP contribution in [0.5, 0.6) is 0 Å². The third kappa shape index (κ3) is 4.02. The van der Waals surface area contributed by atoms with Gasteiger partial charge in [0.25, 0.3) is 5.56 Å². The van der Waals surface area contributed by atoms with Crippen LogP contribution in [0.25, 0.3) is 10.2 Å². The number of thiophene rings is 1. The summed E-state index contributed by atoms with van der Waals surface area (Å²) in [5, 5.41) is 10.4. The number of rotatable bonds is 7. The number of aliphatic carboxylic acids is 1. The van der Waals surface area contributed by atoms with Crippen molar-refractivity contribution in [3.63, 3.8) is 0 Å². The van der Waals surface area contributed by atoms with Gasteiger partial charge in [0.15, 0.2) is 0 Å². The third-order valence-corrected chi connectivity index (χ3v) is 6.14. The molecule has 2 aromatic heterocycles. The quantitative estimate of drug-likeness (QED) is 0.625. The zero-order chi connectivity index (χ0) is 20.4. The molecule has 0 amide bonds. The van der Waals surface area contributed by atoms with E-state index in [4.69, 9.17) is 4.98 Å². The molecule has 0 aliphatic carbocycles. The molecule has 0 radical (unpaired) electrons. The summed E-state index contributed by atoms with van der Waals surface area (Å²) in [5.74, 6) is -0.507. The Hall–Kier alpha value is -2.47. The van der Waals surface area contributed by atoms with Crippen molar-refractivity contribution in [3.05, 3.63) is 62.5 Å². The number of hydrogen-bond donors (Lipinski definition) is 1. The topological polar surface area (TPSA) is 72.2 Å². The Kier molecular flexibility index (Phi) is 5.98. The van der Waals surface area contributed by atoms with Gasteiger partial charge in [-0.05, 0) is 37.8 Å². The predicted molar refractivity (Wildman–Crippen MR) is 114 cm³/mol. The highest BCUT2D eigenvalue weighted by Crippen LogP contribution is 2.27. The molecule has 0 fully saturated rings. The summed E-state index contributed by atoms with van der Waals surface area (Å²) in [6.45, 7) is 7.94. The number of aromatic nitrogens is 2. The minimum absolute atomic E-state index is 0.0505. The molecule has 0 saturated heterocycles. The van der Waals surface area contributed by atoms with Crippen molar-refractivity contribution in [2.24, 2.45) is 0 Å². The number of carbonyl (C=O) groups is 1. The summed E-state index contributed by atoms with van der Waals surface area (Å²) in [7, 11) is 0. The fourth-order valence-electron chi connectivity index (χ4n) is 3.36. The highest BCUT2D eigenvalue weighted by atomic mass is 32.1. The van der Waals surface area contributed by atoms with Gasteiger partial charge in [-0.15, -0.1) is 11.3 Å². The van der Waals surface area contributed by atoms with Crippen LogP contribution < -0.4 is 5.56 Å². The number of carboxylic acid groups (broad SMARTS) is 1. The van der Waals surface area contributed by atoms with Gasteiger partial charge in [-0.25, -0.2) is 9.78 Å². The second-order valence-corrected chi connectivity index (χ2v) is 8.58. The zero-order valence-electron chi connectivity index (χ0n) is 16.7. The van der Waals surface area contributed by atoms with Crippen LogP contribution in [-0.4, -0.2) is 20.6 Å². The summed E-state index contributed by atoms with van der Waals surface area (Å²) in [5.41, 5.74) is 1.98. The molecule has 0 saturated carbocycles. The highest BCUT2D eigenvalue weighted by molar-refractivity contribution is 7.18. The number of aryl methyl sites for hydroxylation is 3. The molecule has 3 rings (SSSR count). The second kappa shape index (κ2) is 8.27. The first kappa shape index (κ1) is 20.3. The lowest BCUT2D eigenvalue weighted by Gasteiger charge is -2.21. The van der Waals surface area contributed by atoms with E-state index in [9.17, 15) is 14.7 Å². The largest absolute Gasteiger partial charge is 0.480 e. The minimum Gasteiger partial charge on any atom is -0.480 e. The van der Waals surface area contributed by atoms with Gasteiger partial charge in [-0.2, -0.15) is 0 Å². The van der Waals surface area contributed by atoms with Gasteiger partial charge in [-0.3, -0.25) is 9.36 Å². The molecule has 2 heterocycles. The van der Waals surface area contributed by atoms with Crippen molar-refractivity contribution in [1.29, 1.82) is 0 Å². The average Bonchev–Trinajstić information content (AvgIpc) is 3.08. The maximum Gasteiger partial charge on any atom is 0.326 e. The molecule has 1 N–H and O–H groups in total. The number of nitrogens with zero attached hydrogens (tertiary/aromatic N) is 2. The molecule has 3 aromatic rings. The van der Waals surface area contributed by atoms with Crippen LogP contribution in [0.3, 0.4) is 0 Å². The first-order valence-corrected chi connectivity index (χ1v) is 10.5. The van der Waals surface area contributed by atoms with Gasteiger partial charge in [0.05, 0.1) is 5.39 Å². The molecule has 0 aliphatic rings. The highest BCUT2D eigenvalue weighted by Gasteiger charge is 2.27. The van der Waals surface area contributed by atoms with Crippen molar-refractivity contribution in [2.75, 3.05) is 0 Å². The van der Waals surface area contributed by atoms with Gasteiger partial charge in [0.2, 0.25) is 0 Å². The summed E-state index contributed by atoms with van der Waals surface area (Å²) in [6, 6.07) is 8.97. The number of carboxylic acids is 1. The smallest absolute Gasteiger partial charge is 0.326 e. The normalized spacial score (nSPS) is 12.6. The molecular weight excluding hydrogens is 372 g/mol. The summed E-state index contributed by atoms with van der Waals surface area (Å²) >= 11 is 1.51. The molecule has 6 heteroatoms.